The normalized spacial score (nSPS) is 15.9. The second-order valence-electron chi connectivity index (χ2n) is 8.77. The Hall–Kier alpha value is -3.76. The van der Waals surface area contributed by atoms with Crippen LogP contribution in [0.15, 0.2) is 65.1 Å². The average molecular weight is 601 g/mol. The Morgan fingerprint density at radius 3 is 2.63 bits per heavy atom. The molecular weight excluding hydrogens is 578 g/mol. The number of hydrogen-bond acceptors (Lipinski definition) is 6. The van der Waals surface area contributed by atoms with Gasteiger partial charge in [0.1, 0.15) is 5.75 Å². The smallest absolute Gasteiger partial charge is 0.262 e. The van der Waals surface area contributed by atoms with Gasteiger partial charge in [0, 0.05) is 29.7 Å². The van der Waals surface area contributed by atoms with Crippen molar-refractivity contribution in [2.45, 2.75) is 13.0 Å². The van der Waals surface area contributed by atoms with Crippen LogP contribution in [-0.2, 0) is 20.9 Å². The largest absolute Gasteiger partial charge is 0.484 e. The molecule has 1 fully saturated rings. The predicted molar refractivity (Wildman–Crippen MR) is 145 cm³/mol. The fraction of sp³-hybridized carbons (Fsp3) is 0.222. The van der Waals surface area contributed by atoms with Crippen LogP contribution in [0.2, 0.25) is 5.02 Å². The molecule has 0 radical (unpaired) electrons. The number of anilines is 2. The van der Waals surface area contributed by atoms with Crippen LogP contribution in [-0.4, -0.2) is 37.7 Å². The van der Waals surface area contributed by atoms with E-state index in [1.54, 1.807) is 47.4 Å². The quantitative estimate of drug-likeness (QED) is 0.394. The van der Waals surface area contributed by atoms with Crippen molar-refractivity contribution < 1.29 is 28.6 Å². The lowest BCUT2D eigenvalue weighted by Crippen LogP contribution is -2.32. The number of rotatable bonds is 8. The molecular formula is C27H23BrClN3O6. The lowest BCUT2D eigenvalue weighted by atomic mass is 10.1. The Morgan fingerprint density at radius 2 is 1.84 bits per heavy atom. The van der Waals surface area contributed by atoms with Crippen LogP contribution in [0.4, 0.5) is 11.4 Å². The van der Waals surface area contributed by atoms with E-state index in [0.29, 0.717) is 40.2 Å². The number of nitrogens with zero attached hydrogens (tertiary/aromatic N) is 1. The first-order valence-corrected chi connectivity index (χ1v) is 13.0. The van der Waals surface area contributed by atoms with Crippen LogP contribution in [0.5, 0.6) is 17.2 Å². The molecule has 0 bridgehead atoms. The molecule has 11 heteroatoms. The number of halogens is 2. The molecule has 3 aromatic carbocycles. The first kappa shape index (κ1) is 25.9. The van der Waals surface area contributed by atoms with E-state index in [0.717, 1.165) is 10.0 Å². The van der Waals surface area contributed by atoms with Gasteiger partial charge in [-0.15, -0.1) is 0 Å². The van der Waals surface area contributed by atoms with Crippen molar-refractivity contribution in [3.8, 4) is 17.2 Å². The summed E-state index contributed by atoms with van der Waals surface area (Å²) in [6, 6.07) is 17.5. The molecule has 1 saturated heterocycles. The highest BCUT2D eigenvalue weighted by atomic mass is 79.9. The van der Waals surface area contributed by atoms with Crippen LogP contribution in [0.3, 0.4) is 0 Å². The standard InChI is InChI=1S/C27H23BrClN3O6/c28-18-2-7-22(21(29)11-18)31-25(33)14-36-20-5-3-19(4-6-20)32-13-17(10-26(32)34)27(35)30-12-16-1-8-23-24(9-16)38-15-37-23/h1-9,11,17H,10,12-15H2,(H,30,35)(H,31,33)/t17-/m0/s1. The van der Waals surface area contributed by atoms with E-state index in [2.05, 4.69) is 26.6 Å². The van der Waals surface area contributed by atoms with Gasteiger partial charge in [-0.05, 0) is 60.2 Å². The maximum Gasteiger partial charge on any atom is 0.262 e. The summed E-state index contributed by atoms with van der Waals surface area (Å²) in [6.07, 6.45) is 0.129. The first-order chi connectivity index (χ1) is 18.4. The van der Waals surface area contributed by atoms with Gasteiger partial charge >= 0.3 is 0 Å². The van der Waals surface area contributed by atoms with Crippen LogP contribution in [0.25, 0.3) is 0 Å². The van der Waals surface area contributed by atoms with Crippen LogP contribution in [0.1, 0.15) is 12.0 Å². The number of amides is 3. The third kappa shape index (κ3) is 6.03. The van der Waals surface area contributed by atoms with Gasteiger partial charge in [0.15, 0.2) is 18.1 Å². The molecule has 0 spiro atoms. The van der Waals surface area contributed by atoms with Gasteiger partial charge < -0.3 is 29.7 Å². The molecule has 5 rings (SSSR count). The van der Waals surface area contributed by atoms with E-state index in [1.807, 2.05) is 18.2 Å². The molecule has 3 aromatic rings. The van der Waals surface area contributed by atoms with Crippen molar-refractivity contribution in [3.63, 3.8) is 0 Å². The molecule has 38 heavy (non-hydrogen) atoms. The molecule has 2 aliphatic rings. The summed E-state index contributed by atoms with van der Waals surface area (Å²) < 4.78 is 17.0. The summed E-state index contributed by atoms with van der Waals surface area (Å²) in [6.45, 7) is 0.589. The van der Waals surface area contributed by atoms with E-state index in [-0.39, 0.29) is 44.1 Å². The van der Waals surface area contributed by atoms with Crippen molar-refractivity contribution >= 4 is 56.6 Å². The Labute approximate surface area is 232 Å². The molecule has 0 aliphatic carbocycles. The number of carbonyl (C=O) groups is 3. The Balaban J connectivity index is 1.11. The van der Waals surface area contributed by atoms with E-state index in [1.165, 1.54) is 0 Å². The fourth-order valence-corrected chi connectivity index (χ4v) is 4.89. The molecule has 0 saturated carbocycles. The van der Waals surface area contributed by atoms with Crippen LogP contribution < -0.4 is 29.7 Å². The Morgan fingerprint density at radius 1 is 1.05 bits per heavy atom. The van der Waals surface area contributed by atoms with Crippen LogP contribution >= 0.6 is 27.5 Å². The molecule has 9 nitrogen and oxygen atoms in total. The van der Waals surface area contributed by atoms with E-state index < -0.39 is 5.92 Å². The van der Waals surface area contributed by atoms with Crippen molar-refractivity contribution in [1.29, 1.82) is 0 Å². The second-order valence-corrected chi connectivity index (χ2v) is 10.1. The SMILES string of the molecule is O=C(COc1ccc(N2C[C@@H](C(=O)NCc3ccc4c(c3)OCO4)CC2=O)cc1)Nc1ccc(Br)cc1Cl. The van der Waals surface area contributed by atoms with Gasteiger partial charge in [-0.2, -0.15) is 0 Å². The molecule has 2 heterocycles. The topological polar surface area (TPSA) is 106 Å². The number of benzene rings is 3. The van der Waals surface area contributed by atoms with Gasteiger partial charge in [-0.25, -0.2) is 0 Å². The van der Waals surface area contributed by atoms with Gasteiger partial charge in [0.2, 0.25) is 18.6 Å². The number of carbonyl (C=O) groups excluding carboxylic acids is 3. The van der Waals surface area contributed by atoms with Gasteiger partial charge in [-0.3, -0.25) is 14.4 Å². The summed E-state index contributed by atoms with van der Waals surface area (Å²) in [5, 5.41) is 6.01. The Kier molecular flexibility index (Phi) is 7.71. The minimum Gasteiger partial charge on any atom is -0.484 e. The first-order valence-electron chi connectivity index (χ1n) is 11.8. The van der Waals surface area contributed by atoms with Gasteiger partial charge in [-0.1, -0.05) is 33.6 Å². The summed E-state index contributed by atoms with van der Waals surface area (Å²) in [7, 11) is 0. The van der Waals surface area contributed by atoms with Gasteiger partial charge in [0.25, 0.3) is 5.91 Å². The highest BCUT2D eigenvalue weighted by molar-refractivity contribution is 9.10. The monoisotopic (exact) mass is 599 g/mol. The summed E-state index contributed by atoms with van der Waals surface area (Å²) in [5.41, 5.74) is 2.02. The predicted octanol–water partition coefficient (Wildman–Crippen LogP) is 4.52. The zero-order chi connectivity index (χ0) is 26.6. The highest BCUT2D eigenvalue weighted by Gasteiger charge is 2.35. The Bertz CT molecular complexity index is 1380. The second kappa shape index (κ2) is 11.3. The van der Waals surface area contributed by atoms with E-state index in [4.69, 9.17) is 25.8 Å². The molecule has 0 unspecified atom stereocenters. The number of ether oxygens (including phenoxy) is 3. The third-order valence-electron chi connectivity index (χ3n) is 6.12. The summed E-state index contributed by atoms with van der Waals surface area (Å²) in [5.74, 6) is 0.672. The number of fused-ring (bicyclic) bond motifs is 1. The zero-order valence-electron chi connectivity index (χ0n) is 20.0. The van der Waals surface area contributed by atoms with Crippen molar-refractivity contribution in [2.75, 3.05) is 30.2 Å². The average Bonchev–Trinajstić information content (AvgIpc) is 3.54. The number of nitrogens with one attached hydrogen (secondary N) is 2. The fourth-order valence-electron chi connectivity index (χ4n) is 4.17. The highest BCUT2D eigenvalue weighted by Crippen LogP contribution is 2.33. The minimum atomic E-state index is -0.457. The summed E-state index contributed by atoms with van der Waals surface area (Å²) >= 11 is 9.44. The van der Waals surface area contributed by atoms with Crippen LogP contribution in [0, 0.1) is 5.92 Å². The summed E-state index contributed by atoms with van der Waals surface area (Å²) in [4.78, 5) is 39.2. The molecule has 196 valence electrons. The maximum absolute atomic E-state index is 12.7. The van der Waals surface area contributed by atoms with Crippen molar-refractivity contribution in [3.05, 3.63) is 75.7 Å². The van der Waals surface area contributed by atoms with E-state index >= 15 is 0 Å². The maximum atomic E-state index is 12.7. The molecule has 2 aliphatic heterocycles. The zero-order valence-corrected chi connectivity index (χ0v) is 22.4. The third-order valence-corrected chi connectivity index (χ3v) is 6.93. The van der Waals surface area contributed by atoms with E-state index in [9.17, 15) is 14.4 Å². The lowest BCUT2D eigenvalue weighted by Gasteiger charge is -2.17. The minimum absolute atomic E-state index is 0.129. The molecule has 1 atom stereocenters. The molecule has 2 N–H and O–H groups in total. The molecule has 0 aromatic heterocycles. The van der Waals surface area contributed by atoms with Crippen molar-refractivity contribution in [2.24, 2.45) is 5.92 Å². The lowest BCUT2D eigenvalue weighted by molar-refractivity contribution is -0.126. The molecule has 3 amide bonds. The van der Waals surface area contributed by atoms with Crippen molar-refractivity contribution in [1.82, 2.24) is 5.32 Å². The number of hydrogen-bond donors (Lipinski definition) is 2. The van der Waals surface area contributed by atoms with Gasteiger partial charge in [0.05, 0.1) is 16.6 Å².